The van der Waals surface area contributed by atoms with Crippen molar-refractivity contribution in [3.8, 4) is 5.75 Å². The normalized spacial score (nSPS) is 11.3. The summed E-state index contributed by atoms with van der Waals surface area (Å²) in [6.07, 6.45) is 3.59. The quantitative estimate of drug-likeness (QED) is 0.504. The van der Waals surface area contributed by atoms with Gasteiger partial charge in [-0.2, -0.15) is 0 Å². The molecule has 120 valence electrons. The molecule has 0 aliphatic heterocycles. The lowest BCUT2D eigenvalue weighted by molar-refractivity contribution is 0.0876. The monoisotopic (exact) mass is 312 g/mol. The topological polar surface area (TPSA) is 18.5 Å². The van der Waals surface area contributed by atoms with Crippen LogP contribution in [0.5, 0.6) is 5.75 Å². The molecule has 2 aromatic carbocycles. The van der Waals surface area contributed by atoms with Crippen LogP contribution in [0.25, 0.3) is 5.57 Å². The first-order valence-corrected chi connectivity index (χ1v) is 7.57. The maximum atomic E-state index is 14.0. The van der Waals surface area contributed by atoms with Gasteiger partial charge in [-0.05, 0) is 35.8 Å². The average molecular weight is 312 g/mol. The SMILES string of the molecule is C=C/C(=C\C)c1ccc(OCCOCc2ccccc2)c(F)c1. The fourth-order valence-electron chi connectivity index (χ4n) is 2.17. The zero-order valence-electron chi connectivity index (χ0n) is 13.3. The minimum atomic E-state index is -0.383. The number of halogens is 1. The van der Waals surface area contributed by atoms with Crippen molar-refractivity contribution in [2.24, 2.45) is 0 Å². The molecular weight excluding hydrogens is 291 g/mol. The van der Waals surface area contributed by atoms with E-state index in [0.717, 1.165) is 16.7 Å². The van der Waals surface area contributed by atoms with Crippen LogP contribution in [0.15, 0.2) is 67.3 Å². The van der Waals surface area contributed by atoms with Crippen molar-refractivity contribution >= 4 is 5.57 Å². The van der Waals surface area contributed by atoms with Crippen molar-refractivity contribution < 1.29 is 13.9 Å². The minimum absolute atomic E-state index is 0.233. The molecule has 23 heavy (non-hydrogen) atoms. The predicted molar refractivity (Wildman–Crippen MR) is 91.8 cm³/mol. The molecule has 0 saturated heterocycles. The van der Waals surface area contributed by atoms with Crippen LogP contribution in [0.4, 0.5) is 4.39 Å². The van der Waals surface area contributed by atoms with Crippen molar-refractivity contribution in [2.45, 2.75) is 13.5 Å². The van der Waals surface area contributed by atoms with Crippen molar-refractivity contribution in [1.29, 1.82) is 0 Å². The number of ether oxygens (including phenoxy) is 2. The predicted octanol–water partition coefficient (Wildman–Crippen LogP) is 5.01. The summed E-state index contributed by atoms with van der Waals surface area (Å²) < 4.78 is 25.0. The highest BCUT2D eigenvalue weighted by Crippen LogP contribution is 2.23. The highest BCUT2D eigenvalue weighted by molar-refractivity contribution is 5.73. The maximum absolute atomic E-state index is 14.0. The van der Waals surface area contributed by atoms with Gasteiger partial charge in [-0.15, -0.1) is 0 Å². The van der Waals surface area contributed by atoms with Crippen LogP contribution in [0, 0.1) is 5.82 Å². The van der Waals surface area contributed by atoms with Crippen molar-refractivity contribution in [2.75, 3.05) is 13.2 Å². The Bertz CT molecular complexity index is 663. The molecule has 0 aliphatic carbocycles. The molecule has 0 spiro atoms. The van der Waals surface area contributed by atoms with E-state index in [1.54, 1.807) is 12.1 Å². The largest absolute Gasteiger partial charge is 0.488 e. The van der Waals surface area contributed by atoms with E-state index < -0.39 is 0 Å². The van der Waals surface area contributed by atoms with Gasteiger partial charge in [0.25, 0.3) is 0 Å². The number of allylic oxidation sites excluding steroid dienone is 3. The highest BCUT2D eigenvalue weighted by atomic mass is 19.1. The Hall–Kier alpha value is -2.39. The van der Waals surface area contributed by atoms with Gasteiger partial charge >= 0.3 is 0 Å². The van der Waals surface area contributed by atoms with Gasteiger partial charge in [0.2, 0.25) is 0 Å². The highest BCUT2D eigenvalue weighted by Gasteiger charge is 2.06. The number of hydrogen-bond acceptors (Lipinski definition) is 2. The molecule has 2 rings (SSSR count). The third kappa shape index (κ3) is 5.08. The van der Waals surface area contributed by atoms with Gasteiger partial charge in [0.15, 0.2) is 11.6 Å². The van der Waals surface area contributed by atoms with Crippen LogP contribution in [0.1, 0.15) is 18.1 Å². The number of hydrogen-bond donors (Lipinski definition) is 0. The Labute approximate surface area is 136 Å². The van der Waals surface area contributed by atoms with Gasteiger partial charge in [0.1, 0.15) is 6.61 Å². The molecule has 0 heterocycles. The molecule has 0 atom stereocenters. The molecule has 0 aromatic heterocycles. The summed E-state index contributed by atoms with van der Waals surface area (Å²) in [6, 6.07) is 14.8. The maximum Gasteiger partial charge on any atom is 0.165 e. The molecule has 0 bridgehead atoms. The second-order valence-electron chi connectivity index (χ2n) is 4.98. The molecule has 0 N–H and O–H groups in total. The Kier molecular flexibility index (Phi) is 6.57. The van der Waals surface area contributed by atoms with Crippen LogP contribution in [0.3, 0.4) is 0 Å². The summed E-state index contributed by atoms with van der Waals surface area (Å²) in [7, 11) is 0. The molecule has 0 saturated carbocycles. The Morgan fingerprint density at radius 3 is 2.57 bits per heavy atom. The molecule has 0 amide bonds. The van der Waals surface area contributed by atoms with Gasteiger partial charge < -0.3 is 9.47 Å². The summed E-state index contributed by atoms with van der Waals surface area (Å²) in [4.78, 5) is 0. The Morgan fingerprint density at radius 1 is 1.13 bits per heavy atom. The molecule has 0 aliphatic rings. The standard InChI is InChI=1S/C20H21FO2/c1-3-17(4-2)18-10-11-20(19(21)14-18)23-13-12-22-15-16-8-6-5-7-9-16/h3-11,14H,1,12-13,15H2,2H3/b17-4+. The summed E-state index contributed by atoms with van der Waals surface area (Å²) in [5, 5.41) is 0. The fraction of sp³-hybridized carbons (Fsp3) is 0.200. The molecule has 3 heteroatoms. The molecule has 0 fully saturated rings. The van der Waals surface area contributed by atoms with E-state index in [2.05, 4.69) is 6.58 Å². The first-order chi connectivity index (χ1) is 11.2. The van der Waals surface area contributed by atoms with Crippen LogP contribution in [0.2, 0.25) is 0 Å². The van der Waals surface area contributed by atoms with Gasteiger partial charge in [-0.3, -0.25) is 0 Å². The molecular formula is C20H21FO2. The van der Waals surface area contributed by atoms with E-state index in [1.165, 1.54) is 6.07 Å². The van der Waals surface area contributed by atoms with E-state index in [4.69, 9.17) is 9.47 Å². The summed E-state index contributed by atoms with van der Waals surface area (Å²) in [5.41, 5.74) is 2.78. The first-order valence-electron chi connectivity index (χ1n) is 7.57. The van der Waals surface area contributed by atoms with E-state index in [9.17, 15) is 4.39 Å². The molecule has 2 aromatic rings. The van der Waals surface area contributed by atoms with Crippen molar-refractivity contribution in [1.82, 2.24) is 0 Å². The van der Waals surface area contributed by atoms with Gasteiger partial charge in [0.05, 0.1) is 13.2 Å². The lowest BCUT2D eigenvalue weighted by atomic mass is 10.1. The molecule has 0 unspecified atom stereocenters. The smallest absolute Gasteiger partial charge is 0.165 e. The van der Waals surface area contributed by atoms with E-state index >= 15 is 0 Å². The lowest BCUT2D eigenvalue weighted by Gasteiger charge is -2.10. The van der Waals surface area contributed by atoms with Crippen LogP contribution < -0.4 is 4.74 Å². The van der Waals surface area contributed by atoms with Crippen LogP contribution in [-0.2, 0) is 11.3 Å². The fourth-order valence-corrected chi connectivity index (χ4v) is 2.17. The average Bonchev–Trinajstić information content (AvgIpc) is 2.58. The lowest BCUT2D eigenvalue weighted by Crippen LogP contribution is -2.07. The van der Waals surface area contributed by atoms with Crippen LogP contribution >= 0.6 is 0 Å². The zero-order chi connectivity index (χ0) is 16.5. The minimum Gasteiger partial charge on any atom is -0.488 e. The van der Waals surface area contributed by atoms with Gasteiger partial charge in [-0.25, -0.2) is 4.39 Å². The van der Waals surface area contributed by atoms with Crippen LogP contribution in [-0.4, -0.2) is 13.2 Å². The third-order valence-corrected chi connectivity index (χ3v) is 3.39. The summed E-state index contributed by atoms with van der Waals surface area (Å²) in [6.45, 7) is 6.84. The third-order valence-electron chi connectivity index (χ3n) is 3.39. The Balaban J connectivity index is 1.81. The molecule has 2 nitrogen and oxygen atoms in total. The number of benzene rings is 2. The first kappa shape index (κ1) is 17.0. The summed E-state index contributed by atoms with van der Waals surface area (Å²) in [5.74, 6) is -0.150. The summed E-state index contributed by atoms with van der Waals surface area (Å²) >= 11 is 0. The van der Waals surface area contributed by atoms with E-state index in [0.29, 0.717) is 19.8 Å². The number of rotatable bonds is 8. The van der Waals surface area contributed by atoms with E-state index in [1.807, 2.05) is 49.4 Å². The van der Waals surface area contributed by atoms with Gasteiger partial charge in [-0.1, -0.05) is 55.1 Å². The van der Waals surface area contributed by atoms with Gasteiger partial charge in [0, 0.05) is 0 Å². The molecule has 0 radical (unpaired) electrons. The Morgan fingerprint density at radius 2 is 1.91 bits per heavy atom. The second-order valence-corrected chi connectivity index (χ2v) is 4.98. The van der Waals surface area contributed by atoms with Crippen molar-refractivity contribution in [3.05, 3.63) is 84.2 Å². The zero-order valence-corrected chi connectivity index (χ0v) is 13.3. The van der Waals surface area contributed by atoms with E-state index in [-0.39, 0.29) is 11.6 Å². The van der Waals surface area contributed by atoms with Crippen molar-refractivity contribution in [3.63, 3.8) is 0 Å². The second kappa shape index (κ2) is 8.91.